The van der Waals surface area contributed by atoms with Crippen LogP contribution in [0, 0.1) is 5.92 Å². The molecule has 7 heteroatoms. The molecule has 1 aliphatic heterocycles. The van der Waals surface area contributed by atoms with Crippen LogP contribution < -0.4 is 15.4 Å². The van der Waals surface area contributed by atoms with E-state index in [2.05, 4.69) is 10.6 Å². The van der Waals surface area contributed by atoms with Crippen LogP contribution in [0.2, 0.25) is 0 Å². The summed E-state index contributed by atoms with van der Waals surface area (Å²) in [6.07, 6.45) is -0.595. The van der Waals surface area contributed by atoms with E-state index in [1.807, 2.05) is 6.92 Å². The SMILES string of the molecule is CCC(C)C(NC(=O)CC1Oc2ccccc2NC1=O)C(=O)O. The first-order valence-corrected chi connectivity index (χ1v) is 7.51. The molecule has 1 aromatic rings. The second-order valence-corrected chi connectivity index (χ2v) is 5.56. The van der Waals surface area contributed by atoms with Crippen molar-refractivity contribution < 1.29 is 24.2 Å². The third kappa shape index (κ3) is 4.00. The third-order valence-corrected chi connectivity index (χ3v) is 3.87. The number of rotatable bonds is 6. The maximum atomic E-state index is 12.1. The van der Waals surface area contributed by atoms with Crippen LogP contribution in [0.15, 0.2) is 24.3 Å². The first-order valence-electron chi connectivity index (χ1n) is 7.51. The molecule has 0 fully saturated rings. The quantitative estimate of drug-likeness (QED) is 0.734. The average molecular weight is 320 g/mol. The Morgan fingerprint density at radius 2 is 2.09 bits per heavy atom. The Labute approximate surface area is 134 Å². The number of para-hydroxylation sites is 2. The Bertz CT molecular complexity index is 616. The van der Waals surface area contributed by atoms with Crippen LogP contribution in [0.1, 0.15) is 26.7 Å². The average Bonchev–Trinajstić information content (AvgIpc) is 2.52. The maximum Gasteiger partial charge on any atom is 0.326 e. The van der Waals surface area contributed by atoms with Gasteiger partial charge in [0.15, 0.2) is 6.10 Å². The van der Waals surface area contributed by atoms with Gasteiger partial charge in [0, 0.05) is 0 Å². The summed E-state index contributed by atoms with van der Waals surface area (Å²) in [6, 6.07) is 5.94. The summed E-state index contributed by atoms with van der Waals surface area (Å²) < 4.78 is 5.52. The van der Waals surface area contributed by atoms with Crippen LogP contribution in [0.5, 0.6) is 5.75 Å². The van der Waals surface area contributed by atoms with E-state index in [0.717, 1.165) is 0 Å². The second-order valence-electron chi connectivity index (χ2n) is 5.56. The molecule has 0 saturated heterocycles. The van der Waals surface area contributed by atoms with E-state index in [-0.39, 0.29) is 12.3 Å². The van der Waals surface area contributed by atoms with Gasteiger partial charge in [0.2, 0.25) is 5.91 Å². The lowest BCUT2D eigenvalue weighted by atomic mass is 9.99. The van der Waals surface area contributed by atoms with E-state index >= 15 is 0 Å². The normalized spacial score (nSPS) is 18.9. The number of amides is 2. The molecule has 1 heterocycles. The van der Waals surface area contributed by atoms with Crippen molar-refractivity contribution in [1.82, 2.24) is 5.32 Å². The fourth-order valence-corrected chi connectivity index (χ4v) is 2.31. The summed E-state index contributed by atoms with van der Waals surface area (Å²) in [5, 5.41) is 14.3. The molecule has 23 heavy (non-hydrogen) atoms. The van der Waals surface area contributed by atoms with E-state index in [9.17, 15) is 19.5 Å². The number of carboxylic acids is 1. The predicted octanol–water partition coefficient (Wildman–Crippen LogP) is 1.39. The molecule has 2 rings (SSSR count). The minimum atomic E-state index is -1.09. The monoisotopic (exact) mass is 320 g/mol. The Hall–Kier alpha value is -2.57. The van der Waals surface area contributed by atoms with Crippen LogP contribution in [0.3, 0.4) is 0 Å². The molecule has 0 aromatic heterocycles. The van der Waals surface area contributed by atoms with Gasteiger partial charge in [-0.05, 0) is 18.1 Å². The summed E-state index contributed by atoms with van der Waals surface area (Å²) in [4.78, 5) is 35.3. The predicted molar refractivity (Wildman–Crippen MR) is 83.1 cm³/mol. The van der Waals surface area contributed by atoms with Gasteiger partial charge in [0.1, 0.15) is 11.8 Å². The zero-order valence-corrected chi connectivity index (χ0v) is 13.0. The Balaban J connectivity index is 2.00. The smallest absolute Gasteiger partial charge is 0.326 e. The molecule has 1 aromatic carbocycles. The molecular weight excluding hydrogens is 300 g/mol. The molecular formula is C16H20N2O5. The summed E-state index contributed by atoms with van der Waals surface area (Å²) >= 11 is 0. The summed E-state index contributed by atoms with van der Waals surface area (Å²) in [5.41, 5.74) is 0.553. The molecule has 0 saturated carbocycles. The highest BCUT2D eigenvalue weighted by atomic mass is 16.5. The first-order chi connectivity index (χ1) is 10.9. The number of carboxylic acid groups (broad SMARTS) is 1. The fraction of sp³-hybridized carbons (Fsp3) is 0.438. The van der Waals surface area contributed by atoms with Crippen LogP contribution in [0.25, 0.3) is 0 Å². The first kappa shape index (κ1) is 16.8. The van der Waals surface area contributed by atoms with Crippen LogP contribution >= 0.6 is 0 Å². The molecule has 3 unspecified atom stereocenters. The summed E-state index contributed by atoms with van der Waals surface area (Å²) in [5.74, 6) is -1.77. The molecule has 3 N–H and O–H groups in total. The standard InChI is InChI=1S/C16H20N2O5/c1-3-9(2)14(16(21)22)18-13(19)8-12-15(20)17-10-6-4-5-7-11(10)23-12/h4-7,9,12,14H,3,8H2,1-2H3,(H,17,20)(H,18,19)(H,21,22). The molecule has 7 nitrogen and oxygen atoms in total. The summed E-state index contributed by atoms with van der Waals surface area (Å²) in [6.45, 7) is 3.60. The van der Waals surface area contributed by atoms with Gasteiger partial charge >= 0.3 is 5.97 Å². The zero-order chi connectivity index (χ0) is 17.0. The van der Waals surface area contributed by atoms with Crippen LogP contribution in [0.4, 0.5) is 5.69 Å². The van der Waals surface area contributed by atoms with Crippen LogP contribution in [-0.4, -0.2) is 35.0 Å². The van der Waals surface area contributed by atoms with E-state index in [4.69, 9.17) is 4.74 Å². The van der Waals surface area contributed by atoms with E-state index in [1.165, 1.54) is 0 Å². The van der Waals surface area contributed by atoms with Crippen molar-refractivity contribution in [2.24, 2.45) is 5.92 Å². The minimum Gasteiger partial charge on any atom is -0.480 e. The van der Waals surface area contributed by atoms with E-state index in [1.54, 1.807) is 31.2 Å². The van der Waals surface area contributed by atoms with Crippen molar-refractivity contribution in [3.63, 3.8) is 0 Å². The number of benzene rings is 1. The lowest BCUT2D eigenvalue weighted by molar-refractivity contribution is -0.143. The number of anilines is 1. The number of ether oxygens (including phenoxy) is 1. The maximum absolute atomic E-state index is 12.1. The molecule has 0 bridgehead atoms. The summed E-state index contributed by atoms with van der Waals surface area (Å²) in [7, 11) is 0. The third-order valence-electron chi connectivity index (χ3n) is 3.87. The zero-order valence-electron chi connectivity index (χ0n) is 13.0. The van der Waals surface area contributed by atoms with Crippen molar-refractivity contribution in [2.45, 2.75) is 38.8 Å². The van der Waals surface area contributed by atoms with Crippen molar-refractivity contribution >= 4 is 23.5 Å². The highest BCUT2D eigenvalue weighted by Crippen LogP contribution is 2.29. The van der Waals surface area contributed by atoms with Gasteiger partial charge in [-0.15, -0.1) is 0 Å². The number of hydrogen-bond acceptors (Lipinski definition) is 4. The largest absolute Gasteiger partial charge is 0.480 e. The molecule has 3 atom stereocenters. The van der Waals surface area contributed by atoms with Crippen molar-refractivity contribution in [1.29, 1.82) is 0 Å². The van der Waals surface area contributed by atoms with Gasteiger partial charge in [0.05, 0.1) is 12.1 Å². The minimum absolute atomic E-state index is 0.210. The van der Waals surface area contributed by atoms with Crippen LogP contribution in [-0.2, 0) is 14.4 Å². The Morgan fingerprint density at radius 3 is 2.74 bits per heavy atom. The van der Waals surface area contributed by atoms with E-state index < -0.39 is 29.9 Å². The molecule has 124 valence electrons. The molecule has 0 spiro atoms. The molecule has 1 aliphatic rings. The Morgan fingerprint density at radius 1 is 1.39 bits per heavy atom. The van der Waals surface area contributed by atoms with Crippen molar-refractivity contribution in [3.05, 3.63) is 24.3 Å². The van der Waals surface area contributed by atoms with Gasteiger partial charge in [0.25, 0.3) is 5.91 Å². The molecule has 0 aliphatic carbocycles. The number of hydrogen-bond donors (Lipinski definition) is 3. The molecule has 0 radical (unpaired) electrons. The number of carbonyl (C=O) groups excluding carboxylic acids is 2. The second kappa shape index (κ2) is 7.13. The topological polar surface area (TPSA) is 105 Å². The number of carbonyl (C=O) groups is 3. The number of nitrogens with one attached hydrogen (secondary N) is 2. The highest BCUT2D eigenvalue weighted by Gasteiger charge is 2.32. The van der Waals surface area contributed by atoms with E-state index in [0.29, 0.717) is 17.9 Å². The van der Waals surface area contributed by atoms with Gasteiger partial charge in [-0.1, -0.05) is 32.4 Å². The van der Waals surface area contributed by atoms with Gasteiger partial charge in [-0.25, -0.2) is 4.79 Å². The van der Waals surface area contributed by atoms with Gasteiger partial charge in [-0.3, -0.25) is 9.59 Å². The fourth-order valence-electron chi connectivity index (χ4n) is 2.31. The van der Waals surface area contributed by atoms with Crippen molar-refractivity contribution in [2.75, 3.05) is 5.32 Å². The number of aliphatic carboxylic acids is 1. The Kier molecular flexibility index (Phi) is 5.20. The molecule has 2 amide bonds. The number of fused-ring (bicyclic) bond motifs is 1. The van der Waals surface area contributed by atoms with Gasteiger partial charge in [-0.2, -0.15) is 0 Å². The highest BCUT2D eigenvalue weighted by molar-refractivity contribution is 6.00. The van der Waals surface area contributed by atoms with Crippen molar-refractivity contribution in [3.8, 4) is 5.75 Å². The lowest BCUT2D eigenvalue weighted by Gasteiger charge is -2.26. The lowest BCUT2D eigenvalue weighted by Crippen LogP contribution is -2.48. The van der Waals surface area contributed by atoms with Gasteiger partial charge < -0.3 is 20.5 Å².